The minimum Gasteiger partial charge on any atom is -0.0616 e. The van der Waals surface area contributed by atoms with Crippen LogP contribution in [0, 0.1) is 0 Å². The van der Waals surface area contributed by atoms with E-state index in [4.69, 9.17) is 0 Å². The molecule has 0 unspecified atom stereocenters. The van der Waals surface area contributed by atoms with E-state index >= 15 is 0 Å². The van der Waals surface area contributed by atoms with Crippen LogP contribution in [0.5, 0.6) is 0 Å². The highest BCUT2D eigenvalue weighted by molar-refractivity contribution is 6.26. The summed E-state index contributed by atoms with van der Waals surface area (Å²) in [5, 5.41) is 25.8. The van der Waals surface area contributed by atoms with Crippen molar-refractivity contribution in [2.24, 2.45) is 0 Å². The lowest BCUT2D eigenvalue weighted by molar-refractivity contribution is 0.661. The van der Waals surface area contributed by atoms with Crippen LogP contribution < -0.4 is 0 Å². The van der Waals surface area contributed by atoms with Crippen LogP contribution in [0.1, 0.15) is 49.9 Å². The van der Waals surface area contributed by atoms with Crippen LogP contribution in [-0.4, -0.2) is 0 Å². The molecule has 0 fully saturated rings. The van der Waals surface area contributed by atoms with E-state index in [0.717, 1.165) is 0 Å². The maximum atomic E-state index is 2.52. The standard InChI is InChI=1S/C76H50/c1-75(2)67-33-31-55-59(27-29-61-63(55)37-45-17-7-11-23-53(45)71(61)57-25-13-19-43-15-5-9-21-51(43)57)73(67)65-39-47-36-50-42-70-66(40-48(50)35-49(47)41-69(65)75)74-60-28-30-62-64(56(60)32-34-68(74)76(70,3)4)38-46-18-8-12-24-54(46)72(62)58-26-14-20-44-16-6-10-22-52(44)58/h5-42H,1-4H3. The number of hydrogen-bond acceptors (Lipinski definition) is 0. The van der Waals surface area contributed by atoms with Crippen molar-refractivity contribution in [3.8, 4) is 44.5 Å². The quantitative estimate of drug-likeness (QED) is 0.120. The van der Waals surface area contributed by atoms with Crippen molar-refractivity contribution >= 4 is 108 Å². The van der Waals surface area contributed by atoms with Crippen molar-refractivity contribution in [1.29, 1.82) is 0 Å². The molecular formula is C76H50. The van der Waals surface area contributed by atoms with Gasteiger partial charge in [-0.05, 0) is 223 Å². The molecule has 0 saturated heterocycles. The lowest BCUT2D eigenvalue weighted by Crippen LogP contribution is -2.15. The maximum Gasteiger partial charge on any atom is 0.0159 e. The highest BCUT2D eigenvalue weighted by atomic mass is 14.4. The molecule has 0 atom stereocenters. The number of hydrogen-bond donors (Lipinski definition) is 0. The molecule has 0 bridgehead atoms. The second kappa shape index (κ2) is 14.8. The zero-order valence-electron chi connectivity index (χ0n) is 42.9. The second-order valence-corrected chi connectivity index (χ2v) is 23.1. The average Bonchev–Trinajstić information content (AvgIpc) is 3.99. The van der Waals surface area contributed by atoms with Crippen LogP contribution in [-0.2, 0) is 10.8 Å². The summed E-state index contributed by atoms with van der Waals surface area (Å²) < 4.78 is 0. The fourth-order valence-corrected chi connectivity index (χ4v) is 14.8. The summed E-state index contributed by atoms with van der Waals surface area (Å²) in [6.45, 7) is 9.71. The minimum atomic E-state index is -0.171. The maximum absolute atomic E-state index is 2.52. The topological polar surface area (TPSA) is 0 Å². The molecule has 0 spiro atoms. The van der Waals surface area contributed by atoms with E-state index < -0.39 is 0 Å². The summed E-state index contributed by atoms with van der Waals surface area (Å²) in [6, 6.07) is 88.4. The summed E-state index contributed by atoms with van der Waals surface area (Å²) in [7, 11) is 0. The molecule has 0 amide bonds. The van der Waals surface area contributed by atoms with E-state index in [9.17, 15) is 0 Å². The lowest BCUT2D eigenvalue weighted by Gasteiger charge is -2.23. The summed E-state index contributed by atoms with van der Waals surface area (Å²) in [5.41, 5.74) is 15.9. The molecule has 0 radical (unpaired) electrons. The van der Waals surface area contributed by atoms with Crippen LogP contribution in [0.4, 0.5) is 0 Å². The van der Waals surface area contributed by atoms with Crippen molar-refractivity contribution in [1.82, 2.24) is 0 Å². The van der Waals surface area contributed by atoms with Gasteiger partial charge in [0.1, 0.15) is 0 Å². The van der Waals surface area contributed by atoms with Gasteiger partial charge in [0.2, 0.25) is 0 Å². The first-order valence-electron chi connectivity index (χ1n) is 27.1. The van der Waals surface area contributed by atoms with Gasteiger partial charge in [0.05, 0.1) is 0 Å². The fourth-order valence-electron chi connectivity index (χ4n) is 14.8. The molecule has 15 aromatic rings. The predicted molar refractivity (Wildman–Crippen MR) is 328 cm³/mol. The third kappa shape index (κ3) is 5.53. The molecule has 0 heteroatoms. The summed E-state index contributed by atoms with van der Waals surface area (Å²) >= 11 is 0. The van der Waals surface area contributed by atoms with Crippen LogP contribution in [0.2, 0.25) is 0 Å². The molecule has 76 heavy (non-hydrogen) atoms. The van der Waals surface area contributed by atoms with E-state index in [2.05, 4.69) is 258 Å². The highest BCUT2D eigenvalue weighted by Crippen LogP contribution is 2.56. The average molecular weight is 963 g/mol. The largest absolute Gasteiger partial charge is 0.0616 e. The molecule has 15 aromatic carbocycles. The van der Waals surface area contributed by atoms with Crippen molar-refractivity contribution in [2.45, 2.75) is 38.5 Å². The first-order valence-corrected chi connectivity index (χ1v) is 27.1. The van der Waals surface area contributed by atoms with Gasteiger partial charge in [-0.1, -0.05) is 210 Å². The first kappa shape index (κ1) is 42.3. The first-order chi connectivity index (χ1) is 37.2. The monoisotopic (exact) mass is 962 g/mol. The minimum absolute atomic E-state index is 0.171. The van der Waals surface area contributed by atoms with E-state index in [1.165, 1.54) is 174 Å². The van der Waals surface area contributed by atoms with Crippen LogP contribution in [0.3, 0.4) is 0 Å². The van der Waals surface area contributed by atoms with Crippen molar-refractivity contribution in [2.75, 3.05) is 0 Å². The Morgan fingerprint density at radius 3 is 0.961 bits per heavy atom. The van der Waals surface area contributed by atoms with E-state index in [1.54, 1.807) is 0 Å². The van der Waals surface area contributed by atoms with Crippen molar-refractivity contribution < 1.29 is 0 Å². The van der Waals surface area contributed by atoms with Crippen molar-refractivity contribution in [3.63, 3.8) is 0 Å². The summed E-state index contributed by atoms with van der Waals surface area (Å²) in [6.07, 6.45) is 0. The lowest BCUT2D eigenvalue weighted by atomic mass is 9.80. The second-order valence-electron chi connectivity index (χ2n) is 23.1. The van der Waals surface area contributed by atoms with Gasteiger partial charge in [0, 0.05) is 10.8 Å². The number of fused-ring (bicyclic) bond motifs is 20. The van der Waals surface area contributed by atoms with Gasteiger partial charge in [0.25, 0.3) is 0 Å². The molecule has 0 aromatic heterocycles. The van der Waals surface area contributed by atoms with Gasteiger partial charge in [-0.25, -0.2) is 0 Å². The zero-order chi connectivity index (χ0) is 50.3. The number of rotatable bonds is 2. The van der Waals surface area contributed by atoms with Crippen molar-refractivity contribution in [3.05, 3.63) is 253 Å². The molecular weight excluding hydrogens is 913 g/mol. The highest BCUT2D eigenvalue weighted by Gasteiger charge is 2.39. The molecule has 17 rings (SSSR count). The van der Waals surface area contributed by atoms with E-state index in [-0.39, 0.29) is 10.8 Å². The number of benzene rings is 15. The summed E-state index contributed by atoms with van der Waals surface area (Å²) in [4.78, 5) is 0. The molecule has 0 heterocycles. The summed E-state index contributed by atoms with van der Waals surface area (Å²) in [5.74, 6) is 0. The van der Waals surface area contributed by atoms with Gasteiger partial charge in [0.15, 0.2) is 0 Å². The smallest absolute Gasteiger partial charge is 0.0159 e. The molecule has 354 valence electrons. The van der Waals surface area contributed by atoms with E-state index in [1.807, 2.05) is 0 Å². The molecule has 2 aliphatic carbocycles. The van der Waals surface area contributed by atoms with Gasteiger partial charge in [-0.15, -0.1) is 0 Å². The Hall–Kier alpha value is -9.10. The Labute approximate surface area is 441 Å². The Morgan fingerprint density at radius 2 is 0.526 bits per heavy atom. The van der Waals surface area contributed by atoms with Crippen LogP contribution >= 0.6 is 0 Å². The van der Waals surface area contributed by atoms with E-state index in [0.29, 0.717) is 0 Å². The molecule has 0 saturated carbocycles. The molecule has 2 aliphatic rings. The van der Waals surface area contributed by atoms with Gasteiger partial charge >= 0.3 is 0 Å². The Morgan fingerprint density at radius 1 is 0.184 bits per heavy atom. The molecule has 0 aliphatic heterocycles. The Bertz CT molecular complexity index is 4820. The molecule has 0 N–H and O–H groups in total. The third-order valence-corrected chi connectivity index (χ3v) is 18.5. The predicted octanol–water partition coefficient (Wildman–Crippen LogP) is 21.2. The third-order valence-electron chi connectivity index (χ3n) is 18.5. The van der Waals surface area contributed by atoms with Gasteiger partial charge < -0.3 is 0 Å². The zero-order valence-corrected chi connectivity index (χ0v) is 42.9. The molecule has 0 nitrogen and oxygen atoms in total. The van der Waals surface area contributed by atoms with Gasteiger partial charge in [-0.2, -0.15) is 0 Å². The fraction of sp³-hybridized carbons (Fsp3) is 0.0789. The normalized spacial score (nSPS) is 14.3. The Balaban J connectivity index is 0.846. The van der Waals surface area contributed by atoms with Crippen LogP contribution in [0.25, 0.3) is 152 Å². The Kier molecular flexibility index (Phi) is 8.24. The SMILES string of the molecule is CC1(C)c2cc3cc4cc5c(cc4cc3cc2-c2c1ccc1c2ccc2c(-c3cccc4ccccc34)c3ccccc3cc21)C(C)(C)c1ccc2c(ccc3c(-c4cccc6ccccc46)c4ccccc4cc32)c1-5. The van der Waals surface area contributed by atoms with Gasteiger partial charge in [-0.3, -0.25) is 0 Å². The van der Waals surface area contributed by atoms with Crippen LogP contribution in [0.15, 0.2) is 231 Å².